The van der Waals surface area contributed by atoms with Gasteiger partial charge in [-0.25, -0.2) is 4.99 Å². The molecule has 0 aromatic heterocycles. The quantitative estimate of drug-likeness (QED) is 0.148. The fraction of sp³-hybridized carbons (Fsp3) is 0.278. The van der Waals surface area contributed by atoms with Crippen molar-refractivity contribution in [3.05, 3.63) is 136 Å². The van der Waals surface area contributed by atoms with Crippen LogP contribution in [0.5, 0.6) is 5.75 Å². The van der Waals surface area contributed by atoms with Gasteiger partial charge in [-0.3, -0.25) is 4.79 Å². The van der Waals surface area contributed by atoms with Gasteiger partial charge in [0.2, 0.25) is 5.90 Å². The van der Waals surface area contributed by atoms with E-state index in [1.807, 2.05) is 84.9 Å². The van der Waals surface area contributed by atoms with Crippen molar-refractivity contribution in [3.8, 4) is 5.75 Å². The molecule has 0 aliphatic carbocycles. The van der Waals surface area contributed by atoms with Gasteiger partial charge < -0.3 is 19.9 Å². The Labute approximate surface area is 261 Å². The van der Waals surface area contributed by atoms with Gasteiger partial charge in [-0.15, -0.1) is 0 Å². The van der Waals surface area contributed by atoms with Crippen LogP contribution in [0.15, 0.2) is 119 Å². The number of unbranched alkanes of at least 4 members (excludes halogenated alkanes) is 1. The van der Waals surface area contributed by atoms with Crippen molar-refractivity contribution in [2.75, 3.05) is 19.8 Å². The molecule has 6 nitrogen and oxygen atoms in total. The molecular weight excluding hydrogens is 604 g/mol. The largest absolute Gasteiger partial charge is 0.494 e. The van der Waals surface area contributed by atoms with Crippen molar-refractivity contribution in [2.24, 2.45) is 4.99 Å². The molecule has 0 saturated heterocycles. The van der Waals surface area contributed by atoms with E-state index in [1.165, 1.54) is 5.56 Å². The average Bonchev–Trinajstić information content (AvgIpc) is 3.44. The number of hydrogen-bond acceptors (Lipinski definition) is 5. The Morgan fingerprint density at radius 2 is 1.56 bits per heavy atom. The lowest BCUT2D eigenvalue weighted by Gasteiger charge is -2.31. The second-order valence-electron chi connectivity index (χ2n) is 10.7. The molecule has 222 valence electrons. The van der Waals surface area contributed by atoms with E-state index in [1.54, 1.807) is 0 Å². The molecule has 1 heterocycles. The minimum Gasteiger partial charge on any atom is -0.494 e. The van der Waals surface area contributed by atoms with Crippen LogP contribution in [0.4, 0.5) is 0 Å². The second-order valence-corrected chi connectivity index (χ2v) is 11.6. The molecule has 5 rings (SSSR count). The highest BCUT2D eigenvalue weighted by molar-refractivity contribution is 9.10. The first kappa shape index (κ1) is 30.5. The highest BCUT2D eigenvalue weighted by atomic mass is 79.9. The Hall–Kier alpha value is -3.94. The molecule has 0 saturated carbocycles. The maximum atomic E-state index is 14.3. The van der Waals surface area contributed by atoms with Crippen LogP contribution in [0.3, 0.4) is 0 Å². The summed E-state index contributed by atoms with van der Waals surface area (Å²) in [5.74, 6) is 0.972. The van der Waals surface area contributed by atoms with Gasteiger partial charge in [0.05, 0.1) is 6.61 Å². The van der Waals surface area contributed by atoms with E-state index in [2.05, 4.69) is 45.5 Å². The number of ether oxygens (including phenoxy) is 2. The maximum absolute atomic E-state index is 14.3. The number of aliphatic hydroxyl groups excluding tert-OH is 1. The Balaban J connectivity index is 1.42. The Morgan fingerprint density at radius 3 is 2.26 bits per heavy atom. The summed E-state index contributed by atoms with van der Waals surface area (Å²) in [7, 11) is 0. The summed E-state index contributed by atoms with van der Waals surface area (Å²) in [4.78, 5) is 19.4. The molecule has 4 aromatic carbocycles. The standard InChI is InChI=1S/C36H37BrN2O4/c37-31-19-15-28(16-20-31)26-36(35(41)38-23-8-7-12-27-10-3-1-4-11-27)33(29-13-5-2-6-14-29)43-34(39-36)30-17-21-32(22-18-30)42-25-9-24-40/h1-6,10-11,13-22,33,40H,7-9,12,23-26H2,(H,38,41)/t33-,36-/m1/s1. The van der Waals surface area contributed by atoms with Crippen molar-refractivity contribution >= 4 is 27.7 Å². The summed E-state index contributed by atoms with van der Waals surface area (Å²) >= 11 is 3.53. The molecule has 1 aliphatic heterocycles. The van der Waals surface area contributed by atoms with Crippen molar-refractivity contribution in [1.29, 1.82) is 0 Å². The average molecular weight is 642 g/mol. The fourth-order valence-electron chi connectivity index (χ4n) is 5.28. The molecule has 4 aromatic rings. The number of rotatable bonds is 14. The number of nitrogens with zero attached hydrogens (tertiary/aromatic N) is 1. The van der Waals surface area contributed by atoms with E-state index in [0.29, 0.717) is 37.6 Å². The van der Waals surface area contributed by atoms with Gasteiger partial charge in [-0.2, -0.15) is 0 Å². The third-order valence-corrected chi connectivity index (χ3v) is 8.07. The first-order valence-electron chi connectivity index (χ1n) is 14.8. The Morgan fingerprint density at radius 1 is 0.860 bits per heavy atom. The van der Waals surface area contributed by atoms with Crippen LogP contribution < -0.4 is 10.1 Å². The van der Waals surface area contributed by atoms with E-state index in [9.17, 15) is 4.79 Å². The van der Waals surface area contributed by atoms with Gasteiger partial charge in [0.25, 0.3) is 5.91 Å². The minimum absolute atomic E-state index is 0.0825. The molecule has 2 N–H and O–H groups in total. The Kier molecular flexibility index (Phi) is 10.6. The fourth-order valence-corrected chi connectivity index (χ4v) is 5.54. The number of carbonyl (C=O) groups excluding carboxylic acids is 1. The minimum atomic E-state index is -1.21. The topological polar surface area (TPSA) is 80.2 Å². The zero-order valence-electron chi connectivity index (χ0n) is 24.1. The number of hydrogen-bond donors (Lipinski definition) is 2. The van der Waals surface area contributed by atoms with Gasteiger partial charge in [0.1, 0.15) is 5.75 Å². The van der Waals surface area contributed by atoms with Crippen molar-refractivity contribution in [3.63, 3.8) is 0 Å². The van der Waals surface area contributed by atoms with Crippen LogP contribution in [0.1, 0.15) is 47.6 Å². The number of aliphatic hydroxyl groups is 1. The Bertz CT molecular complexity index is 1480. The van der Waals surface area contributed by atoms with Crippen LogP contribution >= 0.6 is 15.9 Å². The number of aliphatic imine (C=N–C) groups is 1. The van der Waals surface area contributed by atoms with Gasteiger partial charge in [0, 0.05) is 36.0 Å². The lowest BCUT2D eigenvalue weighted by atomic mass is 9.82. The van der Waals surface area contributed by atoms with Gasteiger partial charge in [-0.05, 0) is 72.4 Å². The number of halogens is 1. The second kappa shape index (κ2) is 15.0. The van der Waals surface area contributed by atoms with Crippen LogP contribution in [-0.4, -0.2) is 42.2 Å². The predicted molar refractivity (Wildman–Crippen MR) is 173 cm³/mol. The van der Waals surface area contributed by atoms with Gasteiger partial charge in [0.15, 0.2) is 11.6 Å². The summed E-state index contributed by atoms with van der Waals surface area (Å²) < 4.78 is 13.3. The predicted octanol–water partition coefficient (Wildman–Crippen LogP) is 6.85. The molecule has 0 bridgehead atoms. The van der Waals surface area contributed by atoms with Crippen LogP contribution in [0.2, 0.25) is 0 Å². The molecule has 2 atom stereocenters. The number of aryl methyl sites for hydroxylation is 1. The van der Waals surface area contributed by atoms with Crippen molar-refractivity contribution in [2.45, 2.75) is 43.7 Å². The SMILES string of the molecule is O=C(NCCCCc1ccccc1)[C@]1(Cc2ccc(Br)cc2)N=C(c2ccc(OCCCO)cc2)O[C@@H]1c1ccccc1. The summed E-state index contributed by atoms with van der Waals surface area (Å²) in [6.45, 7) is 1.07. The molecule has 43 heavy (non-hydrogen) atoms. The van der Waals surface area contributed by atoms with Crippen molar-refractivity contribution in [1.82, 2.24) is 5.32 Å². The van der Waals surface area contributed by atoms with Crippen LogP contribution in [0.25, 0.3) is 0 Å². The molecule has 0 radical (unpaired) electrons. The van der Waals surface area contributed by atoms with Crippen molar-refractivity contribution < 1.29 is 19.4 Å². The maximum Gasteiger partial charge on any atom is 0.252 e. The lowest BCUT2D eigenvalue weighted by molar-refractivity contribution is -0.128. The summed E-state index contributed by atoms with van der Waals surface area (Å²) in [6, 6.07) is 35.8. The third kappa shape index (κ3) is 7.92. The highest BCUT2D eigenvalue weighted by Gasteiger charge is 2.53. The lowest BCUT2D eigenvalue weighted by Crippen LogP contribution is -2.50. The summed E-state index contributed by atoms with van der Waals surface area (Å²) in [6.07, 6.45) is 3.14. The van der Waals surface area contributed by atoms with E-state index in [4.69, 9.17) is 19.6 Å². The van der Waals surface area contributed by atoms with Gasteiger partial charge >= 0.3 is 0 Å². The normalized spacial score (nSPS) is 17.6. The van der Waals surface area contributed by atoms with E-state index in [0.717, 1.165) is 40.4 Å². The van der Waals surface area contributed by atoms with E-state index >= 15 is 0 Å². The number of nitrogens with one attached hydrogen (secondary N) is 1. The zero-order chi connectivity index (χ0) is 29.9. The van der Waals surface area contributed by atoms with E-state index < -0.39 is 11.6 Å². The monoisotopic (exact) mass is 640 g/mol. The number of carbonyl (C=O) groups is 1. The number of benzene rings is 4. The zero-order valence-corrected chi connectivity index (χ0v) is 25.7. The number of amides is 1. The molecule has 0 spiro atoms. The van der Waals surface area contributed by atoms with Crippen LogP contribution in [-0.2, 0) is 22.4 Å². The molecule has 0 unspecified atom stereocenters. The van der Waals surface area contributed by atoms with E-state index in [-0.39, 0.29) is 12.5 Å². The smallest absolute Gasteiger partial charge is 0.252 e. The molecule has 1 aliphatic rings. The summed E-state index contributed by atoms with van der Waals surface area (Å²) in [5, 5.41) is 12.3. The third-order valence-electron chi connectivity index (χ3n) is 7.54. The first-order valence-corrected chi connectivity index (χ1v) is 15.6. The highest BCUT2D eigenvalue weighted by Crippen LogP contribution is 2.42. The van der Waals surface area contributed by atoms with Gasteiger partial charge in [-0.1, -0.05) is 88.7 Å². The summed E-state index contributed by atoms with van der Waals surface area (Å²) in [5.41, 5.74) is 2.74. The molecule has 0 fully saturated rings. The van der Waals surface area contributed by atoms with Crippen LogP contribution in [0, 0.1) is 0 Å². The molecular formula is C36H37BrN2O4. The molecule has 1 amide bonds. The molecule has 7 heteroatoms. The first-order chi connectivity index (χ1) is 21.1.